The van der Waals surface area contributed by atoms with Crippen molar-refractivity contribution in [1.29, 1.82) is 0 Å². The minimum absolute atomic E-state index is 0.0471. The van der Waals surface area contributed by atoms with Crippen LogP contribution in [-0.2, 0) is 17.8 Å². The Bertz CT molecular complexity index is 859. The van der Waals surface area contributed by atoms with E-state index in [4.69, 9.17) is 0 Å². The number of nitrogens with zero attached hydrogens (tertiary/aromatic N) is 1. The number of benzene rings is 2. The Morgan fingerprint density at radius 3 is 2.83 bits per heavy atom. The summed E-state index contributed by atoms with van der Waals surface area (Å²) in [6.07, 6.45) is 2.15. The molecule has 0 radical (unpaired) electrons. The predicted octanol–water partition coefficient (Wildman–Crippen LogP) is 4.27. The van der Waals surface area contributed by atoms with Gasteiger partial charge in [-0.2, -0.15) is 0 Å². The first-order valence-corrected chi connectivity index (χ1v) is 8.07. The third kappa shape index (κ3) is 3.45. The Hall–Kier alpha value is -2.14. The molecule has 0 bridgehead atoms. The predicted molar refractivity (Wildman–Crippen MR) is 92.6 cm³/mol. The number of halogens is 2. The molecule has 0 atom stereocenters. The molecule has 0 aliphatic carbocycles. The van der Waals surface area contributed by atoms with E-state index in [1.807, 2.05) is 30.5 Å². The molecule has 0 saturated carbocycles. The molecule has 0 aliphatic rings. The third-order valence-electron chi connectivity index (χ3n) is 3.86. The van der Waals surface area contributed by atoms with Crippen LogP contribution in [-0.4, -0.2) is 22.8 Å². The summed E-state index contributed by atoms with van der Waals surface area (Å²) in [4.78, 5) is 17.1. The molecule has 1 N–H and O–H groups in total. The normalized spacial score (nSPS) is 10.9. The van der Waals surface area contributed by atoms with Crippen molar-refractivity contribution in [3.63, 3.8) is 0 Å². The molecule has 1 aromatic heterocycles. The molecule has 1 heterocycles. The van der Waals surface area contributed by atoms with Gasteiger partial charge in [0.2, 0.25) is 5.91 Å². The van der Waals surface area contributed by atoms with Gasteiger partial charge in [-0.25, -0.2) is 4.39 Å². The number of carbonyl (C=O) groups excluding carboxylic acids is 1. The number of carbonyl (C=O) groups is 1. The lowest BCUT2D eigenvalue weighted by Gasteiger charge is -2.17. The van der Waals surface area contributed by atoms with Crippen LogP contribution in [0.25, 0.3) is 10.9 Å². The number of fused-ring (bicyclic) bond motifs is 1. The summed E-state index contributed by atoms with van der Waals surface area (Å²) in [5.74, 6) is -0.353. The fourth-order valence-electron chi connectivity index (χ4n) is 2.58. The summed E-state index contributed by atoms with van der Waals surface area (Å²) >= 11 is 3.32. The van der Waals surface area contributed by atoms with Gasteiger partial charge in [0.1, 0.15) is 5.82 Å². The number of para-hydroxylation sites is 1. The van der Waals surface area contributed by atoms with Gasteiger partial charge in [0.05, 0.1) is 6.42 Å². The topological polar surface area (TPSA) is 36.1 Å². The molecule has 1 amide bonds. The molecule has 3 rings (SSSR count). The van der Waals surface area contributed by atoms with Crippen LogP contribution in [0, 0.1) is 5.82 Å². The monoisotopic (exact) mass is 374 g/mol. The van der Waals surface area contributed by atoms with Crippen molar-refractivity contribution in [1.82, 2.24) is 9.88 Å². The maximum Gasteiger partial charge on any atom is 0.227 e. The average Bonchev–Trinajstić information content (AvgIpc) is 2.94. The van der Waals surface area contributed by atoms with Crippen molar-refractivity contribution in [2.75, 3.05) is 7.05 Å². The van der Waals surface area contributed by atoms with Gasteiger partial charge < -0.3 is 9.88 Å². The summed E-state index contributed by atoms with van der Waals surface area (Å²) in [5, 5.41) is 1.04. The summed E-state index contributed by atoms with van der Waals surface area (Å²) in [5.41, 5.74) is 2.46. The lowest BCUT2D eigenvalue weighted by molar-refractivity contribution is -0.129. The zero-order valence-electron chi connectivity index (χ0n) is 12.6. The van der Waals surface area contributed by atoms with Gasteiger partial charge in [0, 0.05) is 40.7 Å². The number of H-pyrrole nitrogens is 1. The third-order valence-corrected chi connectivity index (χ3v) is 4.35. The number of aromatic amines is 1. The van der Waals surface area contributed by atoms with Gasteiger partial charge in [-0.1, -0.05) is 34.1 Å². The number of amides is 1. The number of likely N-dealkylation sites (N-methyl/N-ethyl adjacent to an activating group) is 1. The van der Waals surface area contributed by atoms with Gasteiger partial charge in [-0.15, -0.1) is 0 Å². The second-order valence-corrected chi connectivity index (χ2v) is 6.44. The molecule has 0 spiro atoms. The molecule has 0 saturated heterocycles. The molecule has 23 heavy (non-hydrogen) atoms. The molecule has 3 nitrogen and oxygen atoms in total. The first-order chi connectivity index (χ1) is 11.0. The van der Waals surface area contributed by atoms with E-state index in [1.54, 1.807) is 24.1 Å². The fourth-order valence-corrected chi connectivity index (χ4v) is 2.99. The molecule has 0 aliphatic heterocycles. The van der Waals surface area contributed by atoms with E-state index in [9.17, 15) is 9.18 Å². The van der Waals surface area contributed by atoms with Crippen LogP contribution in [0.5, 0.6) is 0 Å². The Kier molecular flexibility index (Phi) is 4.48. The molecular formula is C18H16BrFN2O. The van der Waals surface area contributed by atoms with E-state index in [1.165, 1.54) is 6.07 Å². The van der Waals surface area contributed by atoms with E-state index in [0.717, 1.165) is 20.9 Å². The van der Waals surface area contributed by atoms with Gasteiger partial charge in [0.25, 0.3) is 0 Å². The van der Waals surface area contributed by atoms with Gasteiger partial charge in [-0.05, 0) is 29.8 Å². The van der Waals surface area contributed by atoms with Crippen molar-refractivity contribution >= 4 is 32.7 Å². The number of nitrogens with one attached hydrogen (secondary N) is 1. The first-order valence-electron chi connectivity index (χ1n) is 7.27. The number of rotatable bonds is 4. The van der Waals surface area contributed by atoms with Crippen molar-refractivity contribution < 1.29 is 9.18 Å². The minimum atomic E-state index is -0.306. The fraction of sp³-hybridized carbons (Fsp3) is 0.167. The van der Waals surface area contributed by atoms with Crippen LogP contribution in [0.2, 0.25) is 0 Å². The van der Waals surface area contributed by atoms with E-state index >= 15 is 0 Å². The molecular weight excluding hydrogens is 359 g/mol. The Morgan fingerprint density at radius 2 is 2.00 bits per heavy atom. The highest BCUT2D eigenvalue weighted by atomic mass is 79.9. The number of aromatic nitrogens is 1. The average molecular weight is 375 g/mol. The molecule has 3 aromatic rings. The quantitative estimate of drug-likeness (QED) is 0.727. The highest BCUT2D eigenvalue weighted by molar-refractivity contribution is 9.10. The maximum absolute atomic E-state index is 13.8. The summed E-state index contributed by atoms with van der Waals surface area (Å²) in [6.45, 7) is 0.243. The van der Waals surface area contributed by atoms with Crippen LogP contribution in [0.3, 0.4) is 0 Å². The Morgan fingerprint density at radius 1 is 1.22 bits per heavy atom. The number of hydrogen-bond acceptors (Lipinski definition) is 1. The Balaban J connectivity index is 1.74. The highest BCUT2D eigenvalue weighted by Gasteiger charge is 2.14. The second-order valence-electron chi connectivity index (χ2n) is 5.52. The molecule has 118 valence electrons. The van der Waals surface area contributed by atoms with E-state index in [0.29, 0.717) is 5.56 Å². The van der Waals surface area contributed by atoms with E-state index < -0.39 is 0 Å². The maximum atomic E-state index is 13.8. The van der Waals surface area contributed by atoms with Crippen LogP contribution in [0.1, 0.15) is 11.1 Å². The summed E-state index contributed by atoms with van der Waals surface area (Å²) < 4.78 is 14.6. The van der Waals surface area contributed by atoms with Gasteiger partial charge in [-0.3, -0.25) is 4.79 Å². The van der Waals surface area contributed by atoms with Crippen LogP contribution in [0.4, 0.5) is 4.39 Å². The molecule has 0 unspecified atom stereocenters. The smallest absolute Gasteiger partial charge is 0.227 e. The lowest BCUT2D eigenvalue weighted by Crippen LogP contribution is -2.28. The van der Waals surface area contributed by atoms with Gasteiger partial charge in [0.15, 0.2) is 0 Å². The van der Waals surface area contributed by atoms with Crippen LogP contribution in [0.15, 0.2) is 53.1 Å². The van der Waals surface area contributed by atoms with Crippen molar-refractivity contribution in [3.05, 3.63) is 70.1 Å². The zero-order chi connectivity index (χ0) is 16.4. The Labute approximate surface area is 142 Å². The molecule has 0 fully saturated rings. The SMILES string of the molecule is CN(Cc1cc(Br)ccc1F)C(=O)Cc1c[nH]c2ccccc12. The minimum Gasteiger partial charge on any atom is -0.361 e. The van der Waals surface area contributed by atoms with Crippen molar-refractivity contribution in [3.8, 4) is 0 Å². The number of hydrogen-bond donors (Lipinski definition) is 1. The van der Waals surface area contributed by atoms with Crippen LogP contribution < -0.4 is 0 Å². The van der Waals surface area contributed by atoms with Crippen molar-refractivity contribution in [2.24, 2.45) is 0 Å². The second kappa shape index (κ2) is 6.54. The molecule has 2 aromatic carbocycles. The van der Waals surface area contributed by atoms with Gasteiger partial charge >= 0.3 is 0 Å². The highest BCUT2D eigenvalue weighted by Crippen LogP contribution is 2.20. The first kappa shape index (κ1) is 15.7. The van der Waals surface area contributed by atoms with E-state index in [2.05, 4.69) is 20.9 Å². The van der Waals surface area contributed by atoms with E-state index in [-0.39, 0.29) is 24.7 Å². The summed E-state index contributed by atoms with van der Waals surface area (Å²) in [7, 11) is 1.69. The van der Waals surface area contributed by atoms with Crippen molar-refractivity contribution in [2.45, 2.75) is 13.0 Å². The molecule has 5 heteroatoms. The zero-order valence-corrected chi connectivity index (χ0v) is 14.2. The standard InChI is InChI=1S/C18H16BrFN2O/c1-22(11-13-8-14(19)6-7-16(13)20)18(23)9-12-10-21-17-5-3-2-4-15(12)17/h2-8,10,21H,9,11H2,1H3. The lowest BCUT2D eigenvalue weighted by atomic mass is 10.1. The van der Waals surface area contributed by atoms with Crippen LogP contribution >= 0.6 is 15.9 Å². The largest absolute Gasteiger partial charge is 0.361 e. The summed E-state index contributed by atoms with van der Waals surface area (Å²) in [6, 6.07) is 12.6.